The zero-order valence-electron chi connectivity index (χ0n) is 11.5. The fraction of sp³-hybridized carbons (Fsp3) is 0.571. The minimum atomic E-state index is -0.616. The second kappa shape index (κ2) is 7.24. The molecule has 0 spiro atoms. The van der Waals surface area contributed by atoms with Gasteiger partial charge >= 0.3 is 0 Å². The lowest BCUT2D eigenvalue weighted by Crippen LogP contribution is -2.25. The highest BCUT2D eigenvalue weighted by atomic mass is 16.5. The van der Waals surface area contributed by atoms with Gasteiger partial charge in [0.15, 0.2) is 0 Å². The molecule has 1 atom stereocenters. The molecular weight excluding hydrogens is 232 g/mol. The van der Waals surface area contributed by atoms with Gasteiger partial charge in [-0.05, 0) is 44.5 Å². The van der Waals surface area contributed by atoms with E-state index >= 15 is 0 Å². The first-order valence-corrected chi connectivity index (χ1v) is 6.10. The van der Waals surface area contributed by atoms with E-state index in [9.17, 15) is 5.11 Å². The summed E-state index contributed by atoms with van der Waals surface area (Å²) in [4.78, 5) is 0. The lowest BCUT2D eigenvalue weighted by atomic mass is 10.2. The second-order valence-corrected chi connectivity index (χ2v) is 4.48. The first kappa shape index (κ1) is 14.8. The van der Waals surface area contributed by atoms with Gasteiger partial charge in [-0.15, -0.1) is 0 Å². The van der Waals surface area contributed by atoms with Gasteiger partial charge in [0.05, 0.1) is 19.8 Å². The van der Waals surface area contributed by atoms with Gasteiger partial charge in [-0.25, -0.2) is 0 Å². The second-order valence-electron chi connectivity index (χ2n) is 4.48. The average molecular weight is 254 g/mol. The maximum Gasteiger partial charge on any atom is 0.122 e. The molecule has 1 N–H and O–H groups in total. The van der Waals surface area contributed by atoms with E-state index in [2.05, 4.69) is 0 Å². The van der Waals surface area contributed by atoms with Gasteiger partial charge < -0.3 is 19.3 Å². The van der Waals surface area contributed by atoms with Crippen LogP contribution in [0.5, 0.6) is 11.5 Å². The molecule has 0 aliphatic heterocycles. The van der Waals surface area contributed by atoms with E-state index in [1.165, 1.54) is 0 Å². The number of ether oxygens (including phenoxy) is 3. The van der Waals surface area contributed by atoms with Crippen molar-refractivity contribution >= 4 is 0 Å². The molecule has 0 heterocycles. The van der Waals surface area contributed by atoms with Crippen molar-refractivity contribution in [3.05, 3.63) is 23.8 Å². The largest absolute Gasteiger partial charge is 0.496 e. The molecule has 102 valence electrons. The van der Waals surface area contributed by atoms with Crippen molar-refractivity contribution in [3.8, 4) is 11.5 Å². The third-order valence-corrected chi connectivity index (χ3v) is 2.43. The van der Waals surface area contributed by atoms with Crippen molar-refractivity contribution in [1.82, 2.24) is 0 Å². The third-order valence-electron chi connectivity index (χ3n) is 2.43. The van der Waals surface area contributed by atoms with Gasteiger partial charge in [0.25, 0.3) is 0 Å². The average Bonchev–Trinajstić information content (AvgIpc) is 2.34. The maximum atomic E-state index is 9.65. The van der Waals surface area contributed by atoms with E-state index in [0.717, 1.165) is 17.1 Å². The van der Waals surface area contributed by atoms with Gasteiger partial charge in [0.2, 0.25) is 0 Å². The lowest BCUT2D eigenvalue weighted by Gasteiger charge is -2.15. The third kappa shape index (κ3) is 4.94. The van der Waals surface area contributed by atoms with E-state index in [-0.39, 0.29) is 19.3 Å². The van der Waals surface area contributed by atoms with Crippen LogP contribution >= 0.6 is 0 Å². The standard InChI is InChI=1S/C14H22O4/c1-10(2)17-8-12(15)9-18-13-5-6-14(16-4)11(3)7-13/h5-7,10,12,15H,8-9H2,1-4H3. The zero-order valence-corrected chi connectivity index (χ0v) is 11.5. The van der Waals surface area contributed by atoms with Gasteiger partial charge in [-0.1, -0.05) is 0 Å². The smallest absolute Gasteiger partial charge is 0.122 e. The summed E-state index contributed by atoms with van der Waals surface area (Å²) in [5.74, 6) is 1.54. The molecule has 18 heavy (non-hydrogen) atoms. The van der Waals surface area contributed by atoms with Crippen molar-refractivity contribution in [3.63, 3.8) is 0 Å². The highest BCUT2D eigenvalue weighted by Gasteiger charge is 2.07. The summed E-state index contributed by atoms with van der Waals surface area (Å²) in [6.45, 7) is 6.32. The number of aryl methyl sites for hydroxylation is 1. The van der Waals surface area contributed by atoms with Gasteiger partial charge in [-0.3, -0.25) is 0 Å². The molecule has 4 nitrogen and oxygen atoms in total. The van der Waals surface area contributed by atoms with Crippen LogP contribution in [0.4, 0.5) is 0 Å². The van der Waals surface area contributed by atoms with Crippen molar-refractivity contribution < 1.29 is 19.3 Å². The Morgan fingerprint density at radius 2 is 1.94 bits per heavy atom. The highest BCUT2D eigenvalue weighted by Crippen LogP contribution is 2.22. The van der Waals surface area contributed by atoms with Crippen LogP contribution in [-0.4, -0.2) is 37.6 Å². The number of aliphatic hydroxyl groups is 1. The molecule has 0 radical (unpaired) electrons. The predicted octanol–water partition coefficient (Wildman–Crippen LogP) is 2.17. The van der Waals surface area contributed by atoms with Gasteiger partial charge in [0, 0.05) is 0 Å². The highest BCUT2D eigenvalue weighted by molar-refractivity contribution is 5.39. The molecule has 0 bridgehead atoms. The minimum Gasteiger partial charge on any atom is -0.496 e. The van der Waals surface area contributed by atoms with Crippen molar-refractivity contribution in [2.45, 2.75) is 33.0 Å². The van der Waals surface area contributed by atoms with Gasteiger partial charge in [-0.2, -0.15) is 0 Å². The number of benzene rings is 1. The molecule has 0 amide bonds. The monoisotopic (exact) mass is 254 g/mol. The SMILES string of the molecule is COc1ccc(OCC(O)COC(C)C)cc1C. The van der Waals surface area contributed by atoms with Crippen LogP contribution < -0.4 is 9.47 Å². The molecule has 1 aromatic rings. The Morgan fingerprint density at radius 1 is 1.22 bits per heavy atom. The Bertz CT molecular complexity index is 363. The molecule has 1 rings (SSSR count). The summed E-state index contributed by atoms with van der Waals surface area (Å²) in [6, 6.07) is 5.55. The number of methoxy groups -OCH3 is 1. The fourth-order valence-corrected chi connectivity index (χ4v) is 1.48. The molecule has 0 aliphatic carbocycles. The van der Waals surface area contributed by atoms with Crippen molar-refractivity contribution in [1.29, 1.82) is 0 Å². The van der Waals surface area contributed by atoms with Crippen LogP contribution in [0.3, 0.4) is 0 Å². The van der Waals surface area contributed by atoms with Crippen molar-refractivity contribution in [2.75, 3.05) is 20.3 Å². The number of aliphatic hydroxyl groups excluding tert-OH is 1. The lowest BCUT2D eigenvalue weighted by molar-refractivity contribution is -0.0122. The molecule has 1 unspecified atom stereocenters. The van der Waals surface area contributed by atoms with Crippen molar-refractivity contribution in [2.24, 2.45) is 0 Å². The predicted molar refractivity (Wildman–Crippen MR) is 70.3 cm³/mol. The van der Waals surface area contributed by atoms with Crippen LogP contribution in [0.15, 0.2) is 18.2 Å². The minimum absolute atomic E-state index is 0.114. The molecule has 1 aromatic carbocycles. The molecule has 4 heteroatoms. The normalized spacial score (nSPS) is 12.6. The van der Waals surface area contributed by atoms with Crippen LogP contribution in [0, 0.1) is 6.92 Å². The summed E-state index contributed by atoms with van der Waals surface area (Å²) in [6.07, 6.45) is -0.502. The van der Waals surface area contributed by atoms with Crippen LogP contribution in [-0.2, 0) is 4.74 Å². The van der Waals surface area contributed by atoms with Crippen LogP contribution in [0.25, 0.3) is 0 Å². The Hall–Kier alpha value is -1.26. The Balaban J connectivity index is 2.41. The molecule has 0 aromatic heterocycles. The Morgan fingerprint density at radius 3 is 2.50 bits per heavy atom. The van der Waals surface area contributed by atoms with E-state index in [1.54, 1.807) is 7.11 Å². The summed E-state index contributed by atoms with van der Waals surface area (Å²) in [5.41, 5.74) is 1.00. The van der Waals surface area contributed by atoms with E-state index in [0.29, 0.717) is 0 Å². The molecule has 0 aliphatic rings. The maximum absolute atomic E-state index is 9.65. The number of hydrogen-bond donors (Lipinski definition) is 1. The Kier molecular flexibility index (Phi) is 5.95. The zero-order chi connectivity index (χ0) is 13.5. The van der Waals surface area contributed by atoms with E-state index in [4.69, 9.17) is 14.2 Å². The summed E-state index contributed by atoms with van der Waals surface area (Å²) in [5, 5.41) is 9.65. The van der Waals surface area contributed by atoms with E-state index < -0.39 is 6.10 Å². The molecular formula is C14H22O4. The molecule has 0 saturated carbocycles. The van der Waals surface area contributed by atoms with E-state index in [1.807, 2.05) is 39.0 Å². The summed E-state index contributed by atoms with van der Waals surface area (Å²) >= 11 is 0. The topological polar surface area (TPSA) is 47.9 Å². The first-order chi connectivity index (χ1) is 8.52. The summed E-state index contributed by atoms with van der Waals surface area (Å²) < 4.78 is 16.0. The Labute approximate surface area is 108 Å². The number of hydrogen-bond acceptors (Lipinski definition) is 4. The van der Waals surface area contributed by atoms with Crippen LogP contribution in [0.1, 0.15) is 19.4 Å². The van der Waals surface area contributed by atoms with Gasteiger partial charge in [0.1, 0.15) is 24.2 Å². The first-order valence-electron chi connectivity index (χ1n) is 6.10. The summed E-state index contributed by atoms with van der Waals surface area (Å²) in [7, 11) is 1.63. The quantitative estimate of drug-likeness (QED) is 0.810. The van der Waals surface area contributed by atoms with Crippen LogP contribution in [0.2, 0.25) is 0 Å². The molecule has 0 fully saturated rings. The molecule has 0 saturated heterocycles. The fourth-order valence-electron chi connectivity index (χ4n) is 1.48. The number of rotatable bonds is 7.